The molecule has 1 N–H and O–H groups in total. The summed E-state index contributed by atoms with van der Waals surface area (Å²) >= 11 is 0. The van der Waals surface area contributed by atoms with Crippen LogP contribution < -0.4 is 5.32 Å². The smallest absolute Gasteiger partial charge is 0.0701 e. The van der Waals surface area contributed by atoms with E-state index >= 15 is 0 Å². The van der Waals surface area contributed by atoms with Crippen LogP contribution in [0.2, 0.25) is 0 Å². The van der Waals surface area contributed by atoms with Crippen LogP contribution in [0.1, 0.15) is 46.0 Å². The van der Waals surface area contributed by atoms with Crippen LogP contribution in [-0.2, 0) is 9.47 Å². The van der Waals surface area contributed by atoms with E-state index in [0.717, 1.165) is 45.3 Å². The van der Waals surface area contributed by atoms with E-state index in [0.29, 0.717) is 6.04 Å². The summed E-state index contributed by atoms with van der Waals surface area (Å²) in [6, 6.07) is 0.550. The van der Waals surface area contributed by atoms with Crippen LogP contribution in [0.3, 0.4) is 0 Å². The van der Waals surface area contributed by atoms with Gasteiger partial charge in [-0.25, -0.2) is 0 Å². The molecule has 0 bridgehead atoms. The van der Waals surface area contributed by atoms with E-state index in [-0.39, 0.29) is 0 Å². The van der Waals surface area contributed by atoms with Gasteiger partial charge in [-0.05, 0) is 31.7 Å². The van der Waals surface area contributed by atoms with Crippen LogP contribution in [0.15, 0.2) is 0 Å². The summed E-state index contributed by atoms with van der Waals surface area (Å²) in [5, 5.41) is 3.56. The third-order valence-electron chi connectivity index (χ3n) is 3.45. The second-order valence-electron chi connectivity index (χ2n) is 4.90. The molecule has 1 aliphatic carbocycles. The van der Waals surface area contributed by atoms with Crippen molar-refractivity contribution in [3.63, 3.8) is 0 Å². The first kappa shape index (κ1) is 14.9. The quantitative estimate of drug-likeness (QED) is 0.598. The Bertz CT molecular complexity index is 170. The topological polar surface area (TPSA) is 30.5 Å². The van der Waals surface area contributed by atoms with Crippen molar-refractivity contribution in [2.24, 2.45) is 5.92 Å². The summed E-state index contributed by atoms with van der Waals surface area (Å²) in [5.41, 5.74) is 0. The Labute approximate surface area is 106 Å². The molecule has 0 amide bonds. The molecule has 0 radical (unpaired) electrons. The molecule has 1 fully saturated rings. The Balaban J connectivity index is 2.07. The summed E-state index contributed by atoms with van der Waals surface area (Å²) in [6.45, 7) is 8.49. The molecule has 0 saturated heterocycles. The normalized spacial score (nSPS) is 18.7. The van der Waals surface area contributed by atoms with Crippen LogP contribution in [-0.4, -0.2) is 39.0 Å². The molecule has 102 valence electrons. The van der Waals surface area contributed by atoms with Gasteiger partial charge in [-0.3, -0.25) is 0 Å². The molecule has 0 spiro atoms. The lowest BCUT2D eigenvalue weighted by atomic mass is 9.99. The highest BCUT2D eigenvalue weighted by molar-refractivity contribution is 4.80. The molecule has 3 nitrogen and oxygen atoms in total. The standard InChI is InChI=1S/C14H29NO2/c1-3-9-16-10-11-17-12-14(15-4-2)13-7-5-6-8-13/h13-15H,3-12H2,1-2H3. The molecule has 0 aromatic carbocycles. The van der Waals surface area contributed by atoms with E-state index in [1.54, 1.807) is 0 Å². The van der Waals surface area contributed by atoms with Gasteiger partial charge in [0, 0.05) is 12.6 Å². The third-order valence-corrected chi connectivity index (χ3v) is 3.45. The Morgan fingerprint density at radius 2 is 1.76 bits per heavy atom. The van der Waals surface area contributed by atoms with Crippen LogP contribution in [0.25, 0.3) is 0 Å². The molecule has 1 atom stereocenters. The fraction of sp³-hybridized carbons (Fsp3) is 1.00. The predicted molar refractivity (Wildman–Crippen MR) is 71.4 cm³/mol. The Morgan fingerprint density at radius 3 is 2.41 bits per heavy atom. The van der Waals surface area contributed by atoms with E-state index in [1.807, 2.05) is 0 Å². The minimum Gasteiger partial charge on any atom is -0.379 e. The molecule has 0 heterocycles. The summed E-state index contributed by atoms with van der Waals surface area (Å²) in [7, 11) is 0. The van der Waals surface area contributed by atoms with Gasteiger partial charge in [-0.1, -0.05) is 26.7 Å². The molecular formula is C14H29NO2. The van der Waals surface area contributed by atoms with Gasteiger partial charge < -0.3 is 14.8 Å². The second-order valence-corrected chi connectivity index (χ2v) is 4.90. The Kier molecular flexibility index (Phi) is 8.67. The van der Waals surface area contributed by atoms with Gasteiger partial charge >= 0.3 is 0 Å². The van der Waals surface area contributed by atoms with Crippen molar-refractivity contribution in [3.8, 4) is 0 Å². The van der Waals surface area contributed by atoms with E-state index < -0.39 is 0 Å². The van der Waals surface area contributed by atoms with Crippen molar-refractivity contribution in [2.45, 2.75) is 52.0 Å². The zero-order chi connectivity index (χ0) is 12.3. The maximum absolute atomic E-state index is 5.72. The van der Waals surface area contributed by atoms with Crippen LogP contribution in [0, 0.1) is 5.92 Å². The lowest BCUT2D eigenvalue weighted by molar-refractivity contribution is 0.0327. The highest BCUT2D eigenvalue weighted by Gasteiger charge is 2.24. The first-order valence-electron chi connectivity index (χ1n) is 7.27. The molecule has 3 heteroatoms. The van der Waals surface area contributed by atoms with Crippen molar-refractivity contribution >= 4 is 0 Å². The maximum atomic E-state index is 5.72. The second kappa shape index (κ2) is 9.86. The molecule has 0 aromatic heterocycles. The van der Waals surface area contributed by atoms with Gasteiger partial charge in [-0.2, -0.15) is 0 Å². The van der Waals surface area contributed by atoms with Gasteiger partial charge in [0.2, 0.25) is 0 Å². The maximum Gasteiger partial charge on any atom is 0.0701 e. The van der Waals surface area contributed by atoms with E-state index in [1.165, 1.54) is 25.7 Å². The number of hydrogen-bond acceptors (Lipinski definition) is 3. The zero-order valence-electron chi connectivity index (χ0n) is 11.5. The van der Waals surface area contributed by atoms with Gasteiger partial charge in [0.05, 0.1) is 19.8 Å². The van der Waals surface area contributed by atoms with Gasteiger partial charge in [0.25, 0.3) is 0 Å². The molecule has 17 heavy (non-hydrogen) atoms. The van der Waals surface area contributed by atoms with Crippen LogP contribution in [0.5, 0.6) is 0 Å². The lowest BCUT2D eigenvalue weighted by Gasteiger charge is -2.24. The largest absolute Gasteiger partial charge is 0.379 e. The third kappa shape index (κ3) is 6.39. The molecule has 0 aliphatic heterocycles. The van der Waals surface area contributed by atoms with Crippen LogP contribution in [0.4, 0.5) is 0 Å². The number of hydrogen-bond donors (Lipinski definition) is 1. The summed E-state index contributed by atoms with van der Waals surface area (Å²) in [4.78, 5) is 0. The first-order chi connectivity index (χ1) is 8.38. The summed E-state index contributed by atoms with van der Waals surface area (Å²) in [5.74, 6) is 0.825. The zero-order valence-corrected chi connectivity index (χ0v) is 11.5. The molecule has 1 rings (SSSR count). The first-order valence-corrected chi connectivity index (χ1v) is 7.27. The number of nitrogens with one attached hydrogen (secondary N) is 1. The van der Waals surface area contributed by atoms with Crippen LogP contribution >= 0.6 is 0 Å². The molecular weight excluding hydrogens is 214 g/mol. The summed E-state index contributed by atoms with van der Waals surface area (Å²) < 4.78 is 11.1. The highest BCUT2D eigenvalue weighted by Crippen LogP contribution is 2.27. The van der Waals surface area contributed by atoms with E-state index in [4.69, 9.17) is 9.47 Å². The van der Waals surface area contributed by atoms with Crippen molar-refractivity contribution in [1.29, 1.82) is 0 Å². The van der Waals surface area contributed by atoms with Crippen molar-refractivity contribution < 1.29 is 9.47 Å². The molecule has 0 aromatic rings. The molecule has 1 saturated carbocycles. The van der Waals surface area contributed by atoms with E-state index in [2.05, 4.69) is 19.2 Å². The minimum atomic E-state index is 0.550. The number of likely N-dealkylation sites (N-methyl/N-ethyl adjacent to an activating group) is 1. The van der Waals surface area contributed by atoms with Crippen molar-refractivity contribution in [1.82, 2.24) is 5.32 Å². The average Bonchev–Trinajstić information content (AvgIpc) is 2.86. The van der Waals surface area contributed by atoms with Gasteiger partial charge in [0.15, 0.2) is 0 Å². The van der Waals surface area contributed by atoms with Crippen molar-refractivity contribution in [2.75, 3.05) is 33.0 Å². The lowest BCUT2D eigenvalue weighted by Crippen LogP contribution is -2.39. The Hall–Kier alpha value is -0.120. The predicted octanol–water partition coefficient (Wildman–Crippen LogP) is 2.60. The number of rotatable bonds is 10. The molecule has 1 aliphatic rings. The molecule has 1 unspecified atom stereocenters. The summed E-state index contributed by atoms with van der Waals surface area (Å²) in [6.07, 6.45) is 6.61. The monoisotopic (exact) mass is 243 g/mol. The minimum absolute atomic E-state index is 0.550. The Morgan fingerprint density at radius 1 is 1.06 bits per heavy atom. The fourth-order valence-corrected chi connectivity index (χ4v) is 2.56. The van der Waals surface area contributed by atoms with E-state index in [9.17, 15) is 0 Å². The number of ether oxygens (including phenoxy) is 2. The van der Waals surface area contributed by atoms with Gasteiger partial charge in [-0.15, -0.1) is 0 Å². The van der Waals surface area contributed by atoms with Gasteiger partial charge in [0.1, 0.15) is 0 Å². The SMILES string of the molecule is CCCOCCOCC(NCC)C1CCCC1. The highest BCUT2D eigenvalue weighted by atomic mass is 16.5. The van der Waals surface area contributed by atoms with Crippen molar-refractivity contribution in [3.05, 3.63) is 0 Å². The average molecular weight is 243 g/mol. The fourth-order valence-electron chi connectivity index (χ4n) is 2.56.